The Morgan fingerprint density at radius 3 is 2.47 bits per heavy atom. The van der Waals surface area contributed by atoms with Gasteiger partial charge in [0, 0.05) is 40.9 Å². The van der Waals surface area contributed by atoms with Gasteiger partial charge in [-0.2, -0.15) is 0 Å². The molecule has 0 aromatic carbocycles. The summed E-state index contributed by atoms with van der Waals surface area (Å²) in [5, 5.41) is 11.7. The molecule has 2 N–H and O–H groups in total. The van der Waals surface area contributed by atoms with E-state index in [-0.39, 0.29) is 24.5 Å². The first-order valence-electron chi connectivity index (χ1n) is 6.58. The van der Waals surface area contributed by atoms with Gasteiger partial charge >= 0.3 is 12.0 Å². The zero-order chi connectivity index (χ0) is 14.4. The van der Waals surface area contributed by atoms with Crippen molar-refractivity contribution in [3.05, 3.63) is 0 Å². The van der Waals surface area contributed by atoms with E-state index in [1.807, 2.05) is 6.92 Å². The van der Waals surface area contributed by atoms with Gasteiger partial charge in [0.25, 0.3) is 0 Å². The molecule has 0 aliphatic carbocycles. The van der Waals surface area contributed by atoms with Gasteiger partial charge in [0.15, 0.2) is 0 Å². The fourth-order valence-electron chi connectivity index (χ4n) is 2.21. The highest BCUT2D eigenvalue weighted by molar-refractivity contribution is 7.85. The summed E-state index contributed by atoms with van der Waals surface area (Å²) >= 11 is 0. The topological polar surface area (TPSA) is 86.7 Å². The molecular formula is C12H22N2O4S. The molecule has 1 heterocycles. The van der Waals surface area contributed by atoms with E-state index in [0.717, 1.165) is 12.8 Å². The molecule has 7 heteroatoms. The third kappa shape index (κ3) is 5.18. The largest absolute Gasteiger partial charge is 0.481 e. The summed E-state index contributed by atoms with van der Waals surface area (Å²) < 4.78 is 11.2. The number of rotatable bonds is 5. The molecule has 0 aromatic heterocycles. The molecule has 1 unspecified atom stereocenters. The van der Waals surface area contributed by atoms with Crippen LogP contribution in [0.25, 0.3) is 0 Å². The lowest BCUT2D eigenvalue weighted by atomic mass is 10.1. The standard InChI is InChI=1S/C12H22N2O4S/c1-3-14(9(2)8-11(15)16)12(17)13-10-4-6-19(18)7-5-10/h9-10H,3-8H2,1-2H3,(H,13,17)(H,15,16). The Labute approximate surface area is 116 Å². The molecule has 0 aromatic rings. The first kappa shape index (κ1) is 15.9. The molecule has 110 valence electrons. The van der Waals surface area contributed by atoms with Crippen molar-refractivity contribution in [1.82, 2.24) is 10.2 Å². The van der Waals surface area contributed by atoms with Crippen molar-refractivity contribution in [2.24, 2.45) is 0 Å². The molecule has 2 amide bonds. The number of nitrogens with one attached hydrogen (secondary N) is 1. The van der Waals surface area contributed by atoms with E-state index >= 15 is 0 Å². The zero-order valence-electron chi connectivity index (χ0n) is 11.4. The summed E-state index contributed by atoms with van der Waals surface area (Å²) in [5.74, 6) is 0.343. The number of nitrogens with zero attached hydrogens (tertiary/aromatic N) is 1. The van der Waals surface area contributed by atoms with E-state index in [1.165, 1.54) is 4.90 Å². The molecule has 0 saturated carbocycles. The molecule has 1 atom stereocenters. The zero-order valence-corrected chi connectivity index (χ0v) is 12.2. The van der Waals surface area contributed by atoms with Gasteiger partial charge < -0.3 is 15.3 Å². The molecule has 0 radical (unpaired) electrons. The van der Waals surface area contributed by atoms with Crippen LogP contribution in [0.2, 0.25) is 0 Å². The highest BCUT2D eigenvalue weighted by atomic mass is 32.2. The van der Waals surface area contributed by atoms with Crippen molar-refractivity contribution < 1.29 is 18.9 Å². The van der Waals surface area contributed by atoms with Crippen molar-refractivity contribution >= 4 is 22.8 Å². The van der Waals surface area contributed by atoms with Crippen molar-refractivity contribution in [3.63, 3.8) is 0 Å². The van der Waals surface area contributed by atoms with E-state index in [2.05, 4.69) is 5.32 Å². The van der Waals surface area contributed by atoms with Crippen LogP contribution in [0.3, 0.4) is 0 Å². The maximum atomic E-state index is 12.1. The predicted molar refractivity (Wildman–Crippen MR) is 73.5 cm³/mol. The number of hydrogen-bond donors (Lipinski definition) is 2. The molecule has 0 bridgehead atoms. The normalized spacial score (nSPS) is 24.5. The molecule has 19 heavy (non-hydrogen) atoms. The van der Waals surface area contributed by atoms with Crippen LogP contribution in [0, 0.1) is 0 Å². The summed E-state index contributed by atoms with van der Waals surface area (Å²) in [6.07, 6.45) is 1.39. The monoisotopic (exact) mass is 290 g/mol. The lowest BCUT2D eigenvalue weighted by Crippen LogP contribution is -2.50. The third-order valence-corrected chi connectivity index (χ3v) is 4.70. The summed E-state index contributed by atoms with van der Waals surface area (Å²) in [6.45, 7) is 4.03. The second kappa shape index (κ2) is 7.47. The Kier molecular flexibility index (Phi) is 6.27. The SMILES string of the molecule is CCN(C(=O)NC1CCS(=O)CC1)C(C)CC(=O)O. The van der Waals surface area contributed by atoms with Gasteiger partial charge in [0.1, 0.15) is 0 Å². The van der Waals surface area contributed by atoms with E-state index < -0.39 is 16.8 Å². The quantitative estimate of drug-likeness (QED) is 0.784. The minimum absolute atomic E-state index is 0.0521. The predicted octanol–water partition coefficient (Wildman–Crippen LogP) is 0.792. The molecular weight excluding hydrogens is 268 g/mol. The van der Waals surface area contributed by atoms with Gasteiger partial charge in [-0.15, -0.1) is 0 Å². The highest BCUT2D eigenvalue weighted by Crippen LogP contribution is 2.11. The van der Waals surface area contributed by atoms with Crippen LogP contribution >= 0.6 is 0 Å². The van der Waals surface area contributed by atoms with Gasteiger partial charge in [-0.05, 0) is 26.7 Å². The van der Waals surface area contributed by atoms with Crippen LogP contribution in [0.4, 0.5) is 4.79 Å². The average Bonchev–Trinajstić information content (AvgIpc) is 2.32. The fraction of sp³-hybridized carbons (Fsp3) is 0.833. The smallest absolute Gasteiger partial charge is 0.317 e. The van der Waals surface area contributed by atoms with Crippen LogP contribution < -0.4 is 5.32 Å². The Morgan fingerprint density at radius 1 is 1.42 bits per heavy atom. The van der Waals surface area contributed by atoms with E-state index in [1.54, 1.807) is 6.92 Å². The third-order valence-electron chi connectivity index (χ3n) is 3.32. The van der Waals surface area contributed by atoms with E-state index in [4.69, 9.17) is 5.11 Å². The molecule has 6 nitrogen and oxygen atoms in total. The Morgan fingerprint density at radius 2 is 2.00 bits per heavy atom. The lowest BCUT2D eigenvalue weighted by Gasteiger charge is -2.30. The highest BCUT2D eigenvalue weighted by Gasteiger charge is 2.25. The number of carboxylic acid groups (broad SMARTS) is 1. The Hall–Kier alpha value is -1.11. The van der Waals surface area contributed by atoms with Crippen LogP contribution in [-0.2, 0) is 15.6 Å². The number of carbonyl (C=O) groups excluding carboxylic acids is 1. The number of amides is 2. The molecule has 1 rings (SSSR count). The molecule has 1 saturated heterocycles. The van der Waals surface area contributed by atoms with Gasteiger partial charge in [-0.3, -0.25) is 9.00 Å². The van der Waals surface area contributed by atoms with Gasteiger partial charge in [-0.25, -0.2) is 4.79 Å². The van der Waals surface area contributed by atoms with Gasteiger partial charge in [0.05, 0.1) is 6.42 Å². The van der Waals surface area contributed by atoms with Crippen molar-refractivity contribution in [1.29, 1.82) is 0 Å². The minimum atomic E-state index is -0.910. The molecule has 1 fully saturated rings. The summed E-state index contributed by atoms with van der Waals surface area (Å²) in [6, 6.07) is -0.509. The number of hydrogen-bond acceptors (Lipinski definition) is 3. The number of carboxylic acids is 1. The van der Waals surface area contributed by atoms with Crippen molar-refractivity contribution in [2.75, 3.05) is 18.1 Å². The van der Waals surface area contributed by atoms with Crippen LogP contribution in [0.1, 0.15) is 33.1 Å². The first-order chi connectivity index (χ1) is 8.93. The lowest BCUT2D eigenvalue weighted by molar-refractivity contribution is -0.138. The average molecular weight is 290 g/mol. The Balaban J connectivity index is 2.49. The summed E-state index contributed by atoms with van der Waals surface area (Å²) in [5.41, 5.74) is 0. The van der Waals surface area contributed by atoms with Gasteiger partial charge in [-0.1, -0.05) is 0 Å². The minimum Gasteiger partial charge on any atom is -0.481 e. The Bertz CT molecular complexity index is 352. The second-order valence-electron chi connectivity index (χ2n) is 4.80. The molecule has 1 aliphatic rings. The fourth-order valence-corrected chi connectivity index (χ4v) is 3.51. The van der Waals surface area contributed by atoms with Crippen molar-refractivity contribution in [3.8, 4) is 0 Å². The van der Waals surface area contributed by atoms with Crippen LogP contribution in [0.5, 0.6) is 0 Å². The first-order valence-corrected chi connectivity index (χ1v) is 8.06. The second-order valence-corrected chi connectivity index (χ2v) is 6.50. The maximum Gasteiger partial charge on any atom is 0.317 e. The van der Waals surface area contributed by atoms with Crippen LogP contribution in [0.15, 0.2) is 0 Å². The number of urea groups is 1. The van der Waals surface area contributed by atoms with Crippen LogP contribution in [-0.4, -0.2) is 56.3 Å². The van der Waals surface area contributed by atoms with Gasteiger partial charge in [0.2, 0.25) is 0 Å². The van der Waals surface area contributed by atoms with E-state index in [9.17, 15) is 13.8 Å². The summed E-state index contributed by atoms with van der Waals surface area (Å²) in [7, 11) is -0.747. The molecule has 1 aliphatic heterocycles. The summed E-state index contributed by atoms with van der Waals surface area (Å²) in [4.78, 5) is 24.3. The van der Waals surface area contributed by atoms with Crippen molar-refractivity contribution in [2.45, 2.75) is 45.2 Å². The maximum absolute atomic E-state index is 12.1. The molecule has 0 spiro atoms. The number of aliphatic carboxylic acids is 1. The van der Waals surface area contributed by atoms with E-state index in [0.29, 0.717) is 18.1 Å². The number of carbonyl (C=O) groups is 2.